The van der Waals surface area contributed by atoms with Gasteiger partial charge in [0.05, 0.1) is 10.7 Å². The number of phenols is 1. The highest BCUT2D eigenvalue weighted by molar-refractivity contribution is 6.32. The summed E-state index contributed by atoms with van der Waals surface area (Å²) in [5.41, 5.74) is 3.41. The van der Waals surface area contributed by atoms with E-state index in [1.165, 1.54) is 0 Å². The molecule has 6 heteroatoms. The third-order valence-corrected chi connectivity index (χ3v) is 3.15. The molecule has 0 aliphatic rings. The number of phenolic OH excluding ortho intramolecular Hbond substituents is 1. The van der Waals surface area contributed by atoms with Crippen molar-refractivity contribution >= 4 is 23.2 Å². The van der Waals surface area contributed by atoms with Gasteiger partial charge in [-0.05, 0) is 31.2 Å². The second-order valence-electron chi connectivity index (χ2n) is 4.47. The van der Waals surface area contributed by atoms with Crippen molar-refractivity contribution in [2.45, 2.75) is 6.92 Å². The summed E-state index contributed by atoms with van der Waals surface area (Å²) >= 11 is 5.92. The minimum Gasteiger partial charge on any atom is -0.507 e. The zero-order valence-corrected chi connectivity index (χ0v) is 12.7. The fourth-order valence-corrected chi connectivity index (χ4v) is 1.91. The number of carbonyl (C=O) groups is 1. The first-order valence-electron chi connectivity index (χ1n) is 6.56. The lowest BCUT2D eigenvalue weighted by Gasteiger charge is -2.07. The van der Waals surface area contributed by atoms with Crippen molar-refractivity contribution in [1.82, 2.24) is 5.43 Å². The number of para-hydroxylation sites is 2. The van der Waals surface area contributed by atoms with Gasteiger partial charge in [0.1, 0.15) is 11.5 Å². The van der Waals surface area contributed by atoms with Gasteiger partial charge < -0.3 is 9.84 Å². The summed E-state index contributed by atoms with van der Waals surface area (Å²) in [7, 11) is 0. The highest BCUT2D eigenvalue weighted by Crippen LogP contribution is 2.22. The van der Waals surface area contributed by atoms with Crippen molar-refractivity contribution in [2.75, 3.05) is 6.61 Å². The van der Waals surface area contributed by atoms with Gasteiger partial charge in [-0.3, -0.25) is 4.79 Å². The third kappa shape index (κ3) is 4.23. The second kappa shape index (κ2) is 7.47. The Morgan fingerprint density at radius 2 is 1.91 bits per heavy atom. The first-order chi connectivity index (χ1) is 10.6. The number of hydrogen-bond acceptors (Lipinski definition) is 4. The zero-order chi connectivity index (χ0) is 15.9. The molecular formula is C16H15ClN2O3. The Bertz CT molecular complexity index is 701. The Hall–Kier alpha value is -2.53. The number of aromatic hydroxyl groups is 1. The maximum absolute atomic E-state index is 11.7. The maximum atomic E-state index is 11.7. The van der Waals surface area contributed by atoms with Crippen LogP contribution in [0.3, 0.4) is 0 Å². The molecule has 2 aromatic carbocycles. The molecule has 0 atom stereocenters. The molecule has 22 heavy (non-hydrogen) atoms. The number of hydrazone groups is 1. The van der Waals surface area contributed by atoms with E-state index in [2.05, 4.69) is 10.5 Å². The molecule has 0 fully saturated rings. The molecule has 2 aromatic rings. The molecule has 0 aliphatic heterocycles. The van der Waals surface area contributed by atoms with Crippen molar-refractivity contribution in [1.29, 1.82) is 0 Å². The number of halogens is 1. The van der Waals surface area contributed by atoms with E-state index in [9.17, 15) is 9.90 Å². The predicted molar refractivity (Wildman–Crippen MR) is 85.4 cm³/mol. The van der Waals surface area contributed by atoms with Gasteiger partial charge in [0.15, 0.2) is 6.61 Å². The molecule has 0 saturated carbocycles. The van der Waals surface area contributed by atoms with Crippen molar-refractivity contribution in [3.8, 4) is 11.5 Å². The molecule has 0 heterocycles. The summed E-state index contributed by atoms with van der Waals surface area (Å²) in [6, 6.07) is 13.6. The summed E-state index contributed by atoms with van der Waals surface area (Å²) in [4.78, 5) is 11.7. The minimum atomic E-state index is -0.422. The van der Waals surface area contributed by atoms with Gasteiger partial charge in [-0.1, -0.05) is 35.9 Å². The van der Waals surface area contributed by atoms with Crippen LogP contribution in [0.15, 0.2) is 53.6 Å². The van der Waals surface area contributed by atoms with Crippen molar-refractivity contribution in [3.63, 3.8) is 0 Å². The smallest absolute Gasteiger partial charge is 0.277 e. The molecule has 114 valence electrons. The quantitative estimate of drug-likeness (QED) is 0.657. The van der Waals surface area contributed by atoms with Crippen LogP contribution in [-0.2, 0) is 4.79 Å². The lowest BCUT2D eigenvalue weighted by atomic mass is 10.1. The number of amides is 1. The van der Waals surface area contributed by atoms with E-state index in [-0.39, 0.29) is 12.4 Å². The van der Waals surface area contributed by atoms with E-state index in [1.54, 1.807) is 55.5 Å². The Morgan fingerprint density at radius 3 is 2.64 bits per heavy atom. The normalized spacial score (nSPS) is 11.1. The molecule has 0 bridgehead atoms. The first kappa shape index (κ1) is 15.9. The number of benzene rings is 2. The van der Waals surface area contributed by atoms with Gasteiger partial charge in [-0.15, -0.1) is 0 Å². The molecule has 0 unspecified atom stereocenters. The van der Waals surface area contributed by atoms with Gasteiger partial charge in [0.2, 0.25) is 0 Å². The lowest BCUT2D eigenvalue weighted by Crippen LogP contribution is -2.25. The van der Waals surface area contributed by atoms with Crippen LogP contribution in [0.25, 0.3) is 0 Å². The van der Waals surface area contributed by atoms with Crippen LogP contribution in [0.5, 0.6) is 11.5 Å². The minimum absolute atomic E-state index is 0.102. The molecular weight excluding hydrogens is 304 g/mol. The first-order valence-corrected chi connectivity index (χ1v) is 6.94. The SMILES string of the molecule is C/C(=N/NC(=O)COc1ccccc1Cl)c1ccccc1O. The molecule has 2 N–H and O–H groups in total. The van der Waals surface area contributed by atoms with Crippen molar-refractivity contribution in [2.24, 2.45) is 5.10 Å². The van der Waals surface area contributed by atoms with Gasteiger partial charge in [-0.2, -0.15) is 5.10 Å². The van der Waals surface area contributed by atoms with Crippen LogP contribution in [0.4, 0.5) is 0 Å². The van der Waals surface area contributed by atoms with Crippen LogP contribution in [0.1, 0.15) is 12.5 Å². The number of carbonyl (C=O) groups excluding carboxylic acids is 1. The van der Waals surface area contributed by atoms with Crippen LogP contribution >= 0.6 is 11.6 Å². The van der Waals surface area contributed by atoms with Crippen LogP contribution < -0.4 is 10.2 Å². The summed E-state index contributed by atoms with van der Waals surface area (Å²) in [5.74, 6) is 0.112. The van der Waals surface area contributed by atoms with Crippen LogP contribution in [0.2, 0.25) is 5.02 Å². The Kier molecular flexibility index (Phi) is 5.38. The standard InChI is InChI=1S/C16H15ClN2O3/c1-11(12-6-2-4-8-14(12)20)18-19-16(21)10-22-15-9-5-3-7-13(15)17/h2-9,20H,10H2,1H3,(H,19,21)/b18-11-. The third-order valence-electron chi connectivity index (χ3n) is 2.84. The molecule has 0 spiro atoms. The lowest BCUT2D eigenvalue weighted by molar-refractivity contribution is -0.123. The van der Waals surface area contributed by atoms with Crippen molar-refractivity contribution < 1.29 is 14.6 Å². The summed E-state index contributed by atoms with van der Waals surface area (Å²) in [6.45, 7) is 1.48. The molecule has 0 radical (unpaired) electrons. The van der Waals surface area contributed by atoms with E-state index < -0.39 is 5.91 Å². The van der Waals surface area contributed by atoms with Crippen LogP contribution in [0, 0.1) is 0 Å². The molecule has 0 saturated heterocycles. The second-order valence-corrected chi connectivity index (χ2v) is 4.88. The maximum Gasteiger partial charge on any atom is 0.277 e. The Labute approximate surface area is 133 Å². The zero-order valence-electron chi connectivity index (χ0n) is 11.9. The highest BCUT2D eigenvalue weighted by Gasteiger charge is 2.06. The molecule has 0 aromatic heterocycles. The van der Waals surface area contributed by atoms with Gasteiger partial charge >= 0.3 is 0 Å². The topological polar surface area (TPSA) is 70.9 Å². The molecule has 5 nitrogen and oxygen atoms in total. The van der Waals surface area contributed by atoms with E-state index in [4.69, 9.17) is 16.3 Å². The van der Waals surface area contributed by atoms with E-state index in [0.717, 1.165) is 0 Å². The number of nitrogens with zero attached hydrogens (tertiary/aromatic N) is 1. The Morgan fingerprint density at radius 1 is 1.23 bits per heavy atom. The molecule has 0 aliphatic carbocycles. The fourth-order valence-electron chi connectivity index (χ4n) is 1.72. The molecule has 2 rings (SSSR count). The van der Waals surface area contributed by atoms with Gasteiger partial charge in [-0.25, -0.2) is 5.43 Å². The van der Waals surface area contributed by atoms with E-state index >= 15 is 0 Å². The average Bonchev–Trinajstić information content (AvgIpc) is 2.52. The van der Waals surface area contributed by atoms with Crippen LogP contribution in [-0.4, -0.2) is 23.3 Å². The summed E-state index contributed by atoms with van der Waals surface area (Å²) < 4.78 is 5.30. The number of rotatable bonds is 5. The average molecular weight is 319 g/mol. The van der Waals surface area contributed by atoms with E-state index in [0.29, 0.717) is 22.0 Å². The number of nitrogens with one attached hydrogen (secondary N) is 1. The monoisotopic (exact) mass is 318 g/mol. The predicted octanol–water partition coefficient (Wildman–Crippen LogP) is 2.96. The highest BCUT2D eigenvalue weighted by atomic mass is 35.5. The number of hydrogen-bond donors (Lipinski definition) is 2. The Balaban J connectivity index is 1.91. The largest absolute Gasteiger partial charge is 0.507 e. The van der Waals surface area contributed by atoms with E-state index in [1.807, 2.05) is 0 Å². The summed E-state index contributed by atoms with van der Waals surface area (Å²) in [5, 5.41) is 14.1. The van der Waals surface area contributed by atoms with Gasteiger partial charge in [0, 0.05) is 5.56 Å². The molecule has 1 amide bonds. The number of ether oxygens (including phenoxy) is 1. The van der Waals surface area contributed by atoms with Gasteiger partial charge in [0.25, 0.3) is 5.91 Å². The van der Waals surface area contributed by atoms with Crippen molar-refractivity contribution in [3.05, 3.63) is 59.1 Å². The fraction of sp³-hybridized carbons (Fsp3) is 0.125. The summed E-state index contributed by atoms with van der Waals surface area (Å²) in [6.07, 6.45) is 0.